The maximum Gasteiger partial charge on any atom is 0.251 e. The largest absolute Gasteiger partial charge is 0.376 e. The molecule has 0 saturated heterocycles. The molecule has 0 aromatic heterocycles. The van der Waals surface area contributed by atoms with Crippen molar-refractivity contribution in [1.82, 2.24) is 10.6 Å². The van der Waals surface area contributed by atoms with Gasteiger partial charge in [-0.25, -0.2) is 0 Å². The summed E-state index contributed by atoms with van der Waals surface area (Å²) in [6.07, 6.45) is 0. The van der Waals surface area contributed by atoms with Gasteiger partial charge in [0.05, 0.1) is 12.6 Å². The Kier molecular flexibility index (Phi) is 8.86. The van der Waals surface area contributed by atoms with Crippen molar-refractivity contribution in [3.05, 3.63) is 131 Å². The van der Waals surface area contributed by atoms with E-state index in [9.17, 15) is 14.4 Å². The number of nitrogens with one attached hydrogen (secondary N) is 4. The van der Waals surface area contributed by atoms with Gasteiger partial charge in [0.1, 0.15) is 0 Å². The van der Waals surface area contributed by atoms with E-state index < -0.39 is 0 Å². The minimum absolute atomic E-state index is 0.0520. The monoisotopic (exact) mass is 506 g/mol. The van der Waals surface area contributed by atoms with Gasteiger partial charge in [-0.2, -0.15) is 0 Å². The Hall–Kier alpha value is -4.91. The Bertz CT molecular complexity index is 1360. The van der Waals surface area contributed by atoms with Gasteiger partial charge in [0.25, 0.3) is 11.8 Å². The van der Waals surface area contributed by atoms with Crippen LogP contribution in [0.3, 0.4) is 0 Å². The fourth-order valence-electron chi connectivity index (χ4n) is 3.82. The van der Waals surface area contributed by atoms with E-state index in [0.717, 1.165) is 16.8 Å². The van der Waals surface area contributed by atoms with Crippen LogP contribution < -0.4 is 21.3 Å². The van der Waals surface area contributed by atoms with Crippen LogP contribution in [0.15, 0.2) is 109 Å². The average molecular weight is 507 g/mol. The van der Waals surface area contributed by atoms with Gasteiger partial charge in [-0.1, -0.05) is 60.7 Å². The molecule has 7 nitrogen and oxygen atoms in total. The average Bonchev–Trinajstić information content (AvgIpc) is 2.96. The van der Waals surface area contributed by atoms with Crippen molar-refractivity contribution in [2.24, 2.45) is 0 Å². The Labute approximate surface area is 222 Å². The summed E-state index contributed by atoms with van der Waals surface area (Å²) < 4.78 is 0. The highest BCUT2D eigenvalue weighted by molar-refractivity contribution is 5.97. The number of carbonyl (C=O) groups excluding carboxylic acids is 3. The van der Waals surface area contributed by atoms with Crippen molar-refractivity contribution < 1.29 is 14.4 Å². The van der Waals surface area contributed by atoms with E-state index in [1.807, 2.05) is 67.6 Å². The molecule has 0 aliphatic heterocycles. The van der Waals surface area contributed by atoms with Crippen molar-refractivity contribution in [3.8, 4) is 0 Å². The Morgan fingerprint density at radius 2 is 1.21 bits per heavy atom. The topological polar surface area (TPSA) is 99.3 Å². The number of hydrogen-bond acceptors (Lipinski definition) is 4. The van der Waals surface area contributed by atoms with E-state index in [1.54, 1.807) is 48.5 Å². The summed E-state index contributed by atoms with van der Waals surface area (Å²) in [5.74, 6) is -0.576. The Morgan fingerprint density at radius 3 is 1.84 bits per heavy atom. The number of hydrogen-bond donors (Lipinski definition) is 4. The molecule has 0 aliphatic rings. The second-order valence-corrected chi connectivity index (χ2v) is 8.83. The molecular formula is C31H30N4O3. The van der Waals surface area contributed by atoms with Gasteiger partial charge in [-0.15, -0.1) is 0 Å². The highest BCUT2D eigenvalue weighted by Gasteiger charge is 2.12. The zero-order valence-corrected chi connectivity index (χ0v) is 21.1. The second kappa shape index (κ2) is 12.9. The predicted octanol–water partition coefficient (Wildman–Crippen LogP) is 5.16. The lowest BCUT2D eigenvalue weighted by Gasteiger charge is -2.14. The standard InChI is InChI=1S/C31H30N4O3/c1-22(24-10-6-3-7-11-24)34-31(38)26-14-18-28(19-15-26)35-29(36)21-32-27-16-12-25(13-17-27)30(37)33-20-23-8-4-2-5-9-23/h2-19,22,32H,20-21H2,1H3,(H,33,37)(H,34,38)(H,35,36). The summed E-state index contributed by atoms with van der Waals surface area (Å²) in [5.41, 5.74) is 4.42. The number of anilines is 2. The smallest absolute Gasteiger partial charge is 0.251 e. The molecule has 4 rings (SSSR count). The van der Waals surface area contributed by atoms with Crippen LogP contribution in [0.25, 0.3) is 0 Å². The molecule has 3 amide bonds. The first kappa shape index (κ1) is 26.2. The minimum atomic E-state index is -0.232. The molecule has 0 saturated carbocycles. The fraction of sp³-hybridized carbons (Fsp3) is 0.129. The van der Waals surface area contributed by atoms with Crippen LogP contribution in [0.4, 0.5) is 11.4 Å². The van der Waals surface area contributed by atoms with Crippen molar-refractivity contribution in [2.45, 2.75) is 19.5 Å². The maximum absolute atomic E-state index is 12.6. The van der Waals surface area contributed by atoms with E-state index in [2.05, 4.69) is 21.3 Å². The lowest BCUT2D eigenvalue weighted by molar-refractivity contribution is -0.114. The van der Waals surface area contributed by atoms with E-state index in [-0.39, 0.29) is 30.3 Å². The summed E-state index contributed by atoms with van der Waals surface area (Å²) in [6, 6.07) is 33.0. The van der Waals surface area contributed by atoms with Crippen molar-refractivity contribution in [1.29, 1.82) is 0 Å². The van der Waals surface area contributed by atoms with Gasteiger partial charge < -0.3 is 21.3 Å². The summed E-state index contributed by atoms with van der Waals surface area (Å²) in [6.45, 7) is 2.44. The fourth-order valence-corrected chi connectivity index (χ4v) is 3.82. The van der Waals surface area contributed by atoms with Gasteiger partial charge in [0.2, 0.25) is 5.91 Å². The van der Waals surface area contributed by atoms with Crippen LogP contribution in [0.5, 0.6) is 0 Å². The highest BCUT2D eigenvalue weighted by Crippen LogP contribution is 2.15. The predicted molar refractivity (Wildman–Crippen MR) is 150 cm³/mol. The van der Waals surface area contributed by atoms with Crippen molar-refractivity contribution in [3.63, 3.8) is 0 Å². The number of carbonyl (C=O) groups is 3. The van der Waals surface area contributed by atoms with Gasteiger partial charge in [-0.3, -0.25) is 14.4 Å². The molecule has 1 unspecified atom stereocenters. The molecule has 4 N–H and O–H groups in total. The van der Waals surface area contributed by atoms with Gasteiger partial charge >= 0.3 is 0 Å². The van der Waals surface area contributed by atoms with E-state index in [4.69, 9.17) is 0 Å². The van der Waals surface area contributed by atoms with Crippen LogP contribution in [-0.2, 0) is 11.3 Å². The molecular weight excluding hydrogens is 476 g/mol. The van der Waals surface area contributed by atoms with Crippen molar-refractivity contribution >= 4 is 29.1 Å². The summed E-state index contributed by atoms with van der Waals surface area (Å²) in [4.78, 5) is 37.3. The Morgan fingerprint density at radius 1 is 0.658 bits per heavy atom. The van der Waals surface area contributed by atoms with Crippen LogP contribution in [0.1, 0.15) is 44.8 Å². The first-order chi connectivity index (χ1) is 18.5. The molecule has 192 valence electrons. The van der Waals surface area contributed by atoms with Gasteiger partial charge in [0, 0.05) is 29.0 Å². The van der Waals surface area contributed by atoms with Gasteiger partial charge in [-0.05, 0) is 66.6 Å². The van der Waals surface area contributed by atoms with E-state index in [0.29, 0.717) is 23.4 Å². The SMILES string of the molecule is CC(NC(=O)c1ccc(NC(=O)CNc2ccc(C(=O)NCc3ccccc3)cc2)cc1)c1ccccc1. The molecule has 4 aromatic carbocycles. The zero-order chi connectivity index (χ0) is 26.7. The molecule has 0 spiro atoms. The van der Waals surface area contributed by atoms with Gasteiger partial charge in [0.15, 0.2) is 0 Å². The van der Waals surface area contributed by atoms with Crippen LogP contribution in [-0.4, -0.2) is 24.3 Å². The quantitative estimate of drug-likeness (QED) is 0.239. The third kappa shape index (κ3) is 7.54. The zero-order valence-electron chi connectivity index (χ0n) is 21.1. The normalized spacial score (nSPS) is 11.2. The first-order valence-corrected chi connectivity index (χ1v) is 12.4. The number of benzene rings is 4. The van der Waals surface area contributed by atoms with Crippen LogP contribution >= 0.6 is 0 Å². The summed E-state index contributed by atoms with van der Waals surface area (Å²) >= 11 is 0. The summed E-state index contributed by atoms with van der Waals surface area (Å²) in [7, 11) is 0. The molecule has 1 atom stereocenters. The molecule has 0 fully saturated rings. The molecule has 4 aromatic rings. The van der Waals surface area contributed by atoms with E-state index in [1.165, 1.54) is 0 Å². The molecule has 7 heteroatoms. The van der Waals surface area contributed by atoms with Crippen molar-refractivity contribution in [2.75, 3.05) is 17.2 Å². The van der Waals surface area contributed by atoms with Crippen LogP contribution in [0, 0.1) is 0 Å². The first-order valence-electron chi connectivity index (χ1n) is 12.4. The Balaban J connectivity index is 1.21. The third-order valence-electron chi connectivity index (χ3n) is 5.97. The minimum Gasteiger partial charge on any atom is -0.376 e. The van der Waals surface area contributed by atoms with Crippen LogP contribution in [0.2, 0.25) is 0 Å². The molecule has 38 heavy (non-hydrogen) atoms. The second-order valence-electron chi connectivity index (χ2n) is 8.83. The highest BCUT2D eigenvalue weighted by atomic mass is 16.2. The molecule has 0 radical (unpaired) electrons. The molecule has 0 heterocycles. The summed E-state index contributed by atoms with van der Waals surface area (Å²) in [5, 5.41) is 11.7. The van der Waals surface area contributed by atoms with E-state index >= 15 is 0 Å². The number of rotatable bonds is 10. The lowest BCUT2D eigenvalue weighted by atomic mass is 10.1. The number of amides is 3. The lowest BCUT2D eigenvalue weighted by Crippen LogP contribution is -2.26. The maximum atomic E-state index is 12.6. The molecule has 0 aliphatic carbocycles. The molecule has 0 bridgehead atoms. The third-order valence-corrected chi connectivity index (χ3v) is 5.97.